The summed E-state index contributed by atoms with van der Waals surface area (Å²) < 4.78 is 0. The molecule has 1 N–H and O–H groups in total. The Kier molecular flexibility index (Phi) is 7.78. The lowest BCUT2D eigenvalue weighted by atomic mass is 9.97. The number of anilines is 1. The van der Waals surface area contributed by atoms with Gasteiger partial charge in [0.1, 0.15) is 0 Å². The van der Waals surface area contributed by atoms with E-state index >= 15 is 0 Å². The van der Waals surface area contributed by atoms with E-state index in [-0.39, 0.29) is 0 Å². The Labute approximate surface area is 176 Å². The quantitative estimate of drug-likeness (QED) is 0.453. The number of nitrogens with one attached hydrogen (secondary N) is 1. The molecule has 0 spiro atoms. The van der Waals surface area contributed by atoms with Crippen molar-refractivity contribution in [3.63, 3.8) is 0 Å². The van der Waals surface area contributed by atoms with E-state index in [2.05, 4.69) is 95.6 Å². The Morgan fingerprint density at radius 2 is 1.41 bits per heavy atom. The molecule has 0 aliphatic carbocycles. The van der Waals surface area contributed by atoms with Crippen LogP contribution in [0.1, 0.15) is 75.6 Å². The van der Waals surface area contributed by atoms with Gasteiger partial charge in [0, 0.05) is 17.1 Å². The van der Waals surface area contributed by atoms with E-state index in [9.17, 15) is 0 Å². The normalized spacial score (nSPS) is 12.4. The number of nitrogens with zero attached hydrogens (tertiary/aromatic N) is 1. The first-order valence-corrected chi connectivity index (χ1v) is 10.3. The molecular weight excluding hydrogens is 352 g/mol. The van der Waals surface area contributed by atoms with Crippen molar-refractivity contribution < 1.29 is 0 Å². The van der Waals surface area contributed by atoms with Crippen molar-refractivity contribution >= 4 is 29.2 Å². The summed E-state index contributed by atoms with van der Waals surface area (Å²) in [7, 11) is 0. The predicted octanol–water partition coefficient (Wildman–Crippen LogP) is 8.33. The Balaban J connectivity index is 2.42. The van der Waals surface area contributed by atoms with Gasteiger partial charge in [-0.25, -0.2) is 0 Å². The van der Waals surface area contributed by atoms with Crippen molar-refractivity contribution in [3.8, 4) is 0 Å². The van der Waals surface area contributed by atoms with Gasteiger partial charge in [-0.05, 0) is 54.0 Å². The summed E-state index contributed by atoms with van der Waals surface area (Å²) in [5.74, 6) is 0.825. The van der Waals surface area contributed by atoms with Crippen LogP contribution >= 0.6 is 0 Å². The summed E-state index contributed by atoms with van der Waals surface area (Å²) in [6.07, 6.45) is 5.87. The zero-order chi connectivity index (χ0) is 21.6. The largest absolute Gasteiger partial charge is 0.358 e. The second-order valence-electron chi connectivity index (χ2n) is 8.02. The highest BCUT2D eigenvalue weighted by molar-refractivity contribution is 5.96. The first kappa shape index (κ1) is 22.4. The third-order valence-corrected chi connectivity index (χ3v) is 4.95. The minimum absolute atomic E-state index is 0.401. The molecule has 0 saturated heterocycles. The van der Waals surface area contributed by atoms with Gasteiger partial charge in [0.25, 0.3) is 0 Å². The summed E-state index contributed by atoms with van der Waals surface area (Å²) >= 11 is 0. The Morgan fingerprint density at radius 1 is 0.862 bits per heavy atom. The SMILES string of the molecule is C=Cc1cccc(C(C)C)c1/N=C(C)/C=C(/C)Nc1c(C=C)cccc1C(C)C. The predicted molar refractivity (Wildman–Crippen MR) is 131 cm³/mol. The number of aliphatic imine (C=N–C) groups is 1. The van der Waals surface area contributed by atoms with Crippen molar-refractivity contribution in [2.75, 3.05) is 5.32 Å². The van der Waals surface area contributed by atoms with Gasteiger partial charge in [0.15, 0.2) is 0 Å². The topological polar surface area (TPSA) is 24.4 Å². The Bertz CT molecular complexity index is 943. The van der Waals surface area contributed by atoms with Gasteiger partial charge in [-0.15, -0.1) is 0 Å². The van der Waals surface area contributed by atoms with E-state index in [1.54, 1.807) is 0 Å². The van der Waals surface area contributed by atoms with Crippen LogP contribution in [0, 0.1) is 0 Å². The van der Waals surface area contributed by atoms with E-state index in [0.717, 1.165) is 33.9 Å². The van der Waals surface area contributed by atoms with Crippen molar-refractivity contribution in [1.29, 1.82) is 0 Å². The maximum atomic E-state index is 4.94. The summed E-state index contributed by atoms with van der Waals surface area (Å²) in [6.45, 7) is 20.8. The average molecular weight is 387 g/mol. The van der Waals surface area contributed by atoms with Crippen molar-refractivity contribution in [3.05, 3.63) is 83.6 Å². The molecule has 29 heavy (non-hydrogen) atoms. The van der Waals surface area contributed by atoms with E-state index in [0.29, 0.717) is 11.8 Å². The second kappa shape index (κ2) is 10.1. The molecule has 0 radical (unpaired) electrons. The lowest BCUT2D eigenvalue weighted by Crippen LogP contribution is -2.04. The highest BCUT2D eigenvalue weighted by Crippen LogP contribution is 2.32. The lowest BCUT2D eigenvalue weighted by molar-refractivity contribution is 0.866. The van der Waals surface area contributed by atoms with Crippen LogP contribution in [0.25, 0.3) is 12.2 Å². The lowest BCUT2D eigenvalue weighted by Gasteiger charge is -2.18. The molecule has 0 aliphatic heterocycles. The fourth-order valence-electron chi connectivity index (χ4n) is 3.48. The number of allylic oxidation sites excluding steroid dienone is 2. The Morgan fingerprint density at radius 3 is 1.97 bits per heavy atom. The van der Waals surface area contributed by atoms with E-state index in [4.69, 9.17) is 4.99 Å². The van der Waals surface area contributed by atoms with E-state index < -0.39 is 0 Å². The molecule has 2 rings (SSSR count). The molecule has 2 aromatic carbocycles. The van der Waals surface area contributed by atoms with Crippen molar-refractivity contribution in [2.45, 2.75) is 53.4 Å². The molecule has 2 heteroatoms. The standard InChI is InChI=1S/C27H34N2/c1-9-22-13-11-15-24(18(3)4)26(22)28-20(7)17-21(8)29-27-23(10-2)14-12-16-25(27)19(5)6/h9-19,28H,1-2H2,3-8H3/b20-17-,29-21+. The third-order valence-electron chi connectivity index (χ3n) is 4.95. The van der Waals surface area contributed by atoms with Crippen LogP contribution in [0.4, 0.5) is 11.4 Å². The van der Waals surface area contributed by atoms with Crippen LogP contribution in [-0.4, -0.2) is 5.71 Å². The average Bonchev–Trinajstić information content (AvgIpc) is 2.67. The Hall–Kier alpha value is -2.87. The fourth-order valence-corrected chi connectivity index (χ4v) is 3.48. The zero-order valence-corrected chi connectivity index (χ0v) is 18.7. The maximum Gasteiger partial charge on any atom is 0.0739 e. The molecule has 152 valence electrons. The number of para-hydroxylation sites is 2. The summed E-state index contributed by atoms with van der Waals surface area (Å²) in [6, 6.07) is 12.6. The van der Waals surface area contributed by atoms with E-state index in [1.807, 2.05) is 19.1 Å². The van der Waals surface area contributed by atoms with Crippen LogP contribution in [0.2, 0.25) is 0 Å². The molecule has 2 nitrogen and oxygen atoms in total. The van der Waals surface area contributed by atoms with Gasteiger partial charge in [0.2, 0.25) is 0 Å². The zero-order valence-electron chi connectivity index (χ0n) is 18.7. The molecule has 0 unspecified atom stereocenters. The molecule has 2 aromatic rings. The van der Waals surface area contributed by atoms with Gasteiger partial charge >= 0.3 is 0 Å². The highest BCUT2D eigenvalue weighted by atomic mass is 14.9. The molecular formula is C27H34N2. The van der Waals surface area contributed by atoms with Gasteiger partial charge in [-0.1, -0.05) is 89.4 Å². The first-order valence-electron chi connectivity index (χ1n) is 10.3. The number of hydrogen-bond donors (Lipinski definition) is 1. The molecule has 0 saturated carbocycles. The molecule has 0 bridgehead atoms. The number of hydrogen-bond acceptors (Lipinski definition) is 2. The molecule has 0 fully saturated rings. The second-order valence-corrected chi connectivity index (χ2v) is 8.02. The molecule has 0 aliphatic rings. The third kappa shape index (κ3) is 5.57. The number of benzene rings is 2. The van der Waals surface area contributed by atoms with Gasteiger partial charge in [-0.2, -0.15) is 0 Å². The van der Waals surface area contributed by atoms with Crippen LogP contribution in [0.3, 0.4) is 0 Å². The van der Waals surface area contributed by atoms with Crippen LogP contribution < -0.4 is 5.32 Å². The smallest absolute Gasteiger partial charge is 0.0739 e. The number of rotatable bonds is 8. The molecule has 0 aromatic heterocycles. The maximum absolute atomic E-state index is 4.94. The van der Waals surface area contributed by atoms with Gasteiger partial charge in [-0.3, -0.25) is 4.99 Å². The van der Waals surface area contributed by atoms with Crippen molar-refractivity contribution in [1.82, 2.24) is 0 Å². The molecule has 0 heterocycles. The molecule has 0 amide bonds. The van der Waals surface area contributed by atoms with Crippen LogP contribution in [-0.2, 0) is 0 Å². The van der Waals surface area contributed by atoms with E-state index in [1.165, 1.54) is 11.1 Å². The summed E-state index contributed by atoms with van der Waals surface area (Å²) in [4.78, 5) is 4.94. The highest BCUT2D eigenvalue weighted by Gasteiger charge is 2.11. The first-order chi connectivity index (χ1) is 13.8. The molecule has 0 atom stereocenters. The monoisotopic (exact) mass is 386 g/mol. The fraction of sp³-hybridized carbons (Fsp3) is 0.296. The van der Waals surface area contributed by atoms with Crippen molar-refractivity contribution in [2.24, 2.45) is 4.99 Å². The van der Waals surface area contributed by atoms with Gasteiger partial charge in [0.05, 0.1) is 5.69 Å². The summed E-state index contributed by atoms with van der Waals surface area (Å²) in [5.41, 5.74) is 8.81. The minimum atomic E-state index is 0.401. The van der Waals surface area contributed by atoms with Gasteiger partial charge < -0.3 is 5.32 Å². The van der Waals surface area contributed by atoms with Crippen LogP contribution in [0.15, 0.2) is 66.3 Å². The summed E-state index contributed by atoms with van der Waals surface area (Å²) in [5, 5.41) is 3.58. The van der Waals surface area contributed by atoms with Crippen LogP contribution in [0.5, 0.6) is 0 Å². The minimum Gasteiger partial charge on any atom is -0.358 e.